The number of carbonyl (C=O) groups excluding carboxylic acids is 6. The monoisotopic (exact) mass is 841 g/mol. The number of Topliss-reactive ketones (excluding diaryl/α,β-unsaturated/α-hetero) is 1. The Kier molecular flexibility index (Phi) is 19.3. The number of phenolic OH excluding ortho intramolecular Hbond substituents is 1. The maximum atomic E-state index is 14.4. The van der Waals surface area contributed by atoms with Crippen molar-refractivity contribution in [1.29, 1.82) is 0 Å². The van der Waals surface area contributed by atoms with Gasteiger partial charge in [-0.1, -0.05) is 57.2 Å². The van der Waals surface area contributed by atoms with E-state index >= 15 is 0 Å². The number of aromatic hydroxyl groups is 1. The van der Waals surface area contributed by atoms with Crippen LogP contribution in [-0.4, -0.2) is 118 Å². The first-order chi connectivity index (χ1) is 28.3. The van der Waals surface area contributed by atoms with Gasteiger partial charge in [-0.05, 0) is 62.3 Å². The summed E-state index contributed by atoms with van der Waals surface area (Å²) < 4.78 is 20.4. The highest BCUT2D eigenvalue weighted by Crippen LogP contribution is 2.24. The predicted molar refractivity (Wildman–Crippen MR) is 218 cm³/mol. The molecule has 1 aromatic carbocycles. The molecule has 1 aromatic rings. The van der Waals surface area contributed by atoms with E-state index in [1.54, 1.807) is 39.0 Å². The van der Waals surface area contributed by atoms with E-state index in [2.05, 4.69) is 16.1 Å². The number of nitrogens with zero attached hydrogens (tertiary/aromatic N) is 2. The quantitative estimate of drug-likeness (QED) is 0.0866. The molecule has 2 aliphatic heterocycles. The van der Waals surface area contributed by atoms with E-state index in [4.69, 9.17) is 9.57 Å². The topological polar surface area (TPSA) is 224 Å². The molecule has 2 aliphatic rings. The Morgan fingerprint density at radius 1 is 1.08 bits per heavy atom. The summed E-state index contributed by atoms with van der Waals surface area (Å²) in [5.74, 6) is -7.48. The van der Waals surface area contributed by atoms with Crippen LogP contribution in [0.1, 0.15) is 72.3 Å². The lowest BCUT2D eigenvalue weighted by Crippen LogP contribution is -2.62. The van der Waals surface area contributed by atoms with Crippen molar-refractivity contribution in [2.24, 2.45) is 17.8 Å². The second kappa shape index (κ2) is 23.5. The second-order valence-electron chi connectivity index (χ2n) is 15.6. The number of hydrogen-bond acceptors (Lipinski definition) is 12. The number of fused-ring (bicyclic) bond motifs is 2. The van der Waals surface area contributed by atoms with Crippen LogP contribution in [0.5, 0.6) is 5.75 Å². The number of nitrogens with one attached hydrogen (secondary N) is 3. The number of allylic oxidation sites excluding steroid dienone is 4. The van der Waals surface area contributed by atoms with E-state index in [0.29, 0.717) is 12.0 Å². The predicted octanol–water partition coefficient (Wildman–Crippen LogP) is 2.49. The second-order valence-corrected chi connectivity index (χ2v) is 15.6. The fraction of sp³-hybridized carbons (Fsp3) is 0.535. The average molecular weight is 842 g/mol. The molecule has 16 nitrogen and oxygen atoms in total. The third kappa shape index (κ3) is 14.8. The van der Waals surface area contributed by atoms with Crippen LogP contribution in [0.4, 0.5) is 4.39 Å². The molecule has 8 atom stereocenters. The van der Waals surface area contributed by atoms with Gasteiger partial charge in [0.1, 0.15) is 41.6 Å². The number of amides is 4. The van der Waals surface area contributed by atoms with Gasteiger partial charge in [0.2, 0.25) is 11.8 Å². The summed E-state index contributed by atoms with van der Waals surface area (Å²) in [6.07, 6.45) is 7.41. The van der Waals surface area contributed by atoms with Crippen LogP contribution in [0.3, 0.4) is 0 Å². The molecule has 0 radical (unpaired) electrons. The number of halogens is 1. The van der Waals surface area contributed by atoms with Gasteiger partial charge >= 0.3 is 5.97 Å². The highest BCUT2D eigenvalue weighted by atomic mass is 19.1. The fourth-order valence-corrected chi connectivity index (χ4v) is 6.70. The number of cyclic esters (lactones) is 1. The molecule has 2 bridgehead atoms. The van der Waals surface area contributed by atoms with E-state index in [0.717, 1.165) is 17.2 Å². The van der Waals surface area contributed by atoms with Gasteiger partial charge < -0.3 is 35.5 Å². The minimum atomic E-state index is -1.46. The zero-order chi connectivity index (χ0) is 44.7. The number of aliphatic hydroxyl groups excluding tert-OH is 2. The number of phenols is 1. The lowest BCUT2D eigenvalue weighted by molar-refractivity contribution is -0.162. The zero-order valence-corrected chi connectivity index (χ0v) is 35.3. The van der Waals surface area contributed by atoms with Gasteiger partial charge in [0.15, 0.2) is 0 Å². The number of rotatable bonds is 10. The highest BCUT2D eigenvalue weighted by Gasteiger charge is 2.38. The lowest BCUT2D eigenvalue weighted by atomic mass is 9.84. The molecule has 1 unspecified atom stereocenters. The lowest BCUT2D eigenvalue weighted by Gasteiger charge is -2.36. The minimum absolute atomic E-state index is 0.0636. The molecule has 60 heavy (non-hydrogen) atoms. The third-order valence-electron chi connectivity index (χ3n) is 10.5. The van der Waals surface area contributed by atoms with Crippen LogP contribution in [0.15, 0.2) is 66.3 Å². The van der Waals surface area contributed by atoms with Gasteiger partial charge in [-0.25, -0.2) is 14.9 Å². The number of hydrazine groups is 1. The normalized spacial score (nSPS) is 26.9. The highest BCUT2D eigenvalue weighted by molar-refractivity contribution is 5.93. The van der Waals surface area contributed by atoms with Crippen molar-refractivity contribution < 1.29 is 58.1 Å². The molecule has 0 aliphatic carbocycles. The summed E-state index contributed by atoms with van der Waals surface area (Å²) in [7, 11) is 2.79. The molecule has 330 valence electrons. The summed E-state index contributed by atoms with van der Waals surface area (Å²) in [5.41, 5.74) is 3.65. The number of likely N-dealkylation sites (N-methyl/N-ethyl adjacent to an activating group) is 1. The maximum absolute atomic E-state index is 14.4. The molecule has 17 heteroatoms. The molecule has 0 spiro atoms. The van der Waals surface area contributed by atoms with Crippen molar-refractivity contribution in [3.05, 3.63) is 77.7 Å². The minimum Gasteiger partial charge on any atom is -0.508 e. The number of ether oxygens (including phenoxy) is 1. The van der Waals surface area contributed by atoms with Gasteiger partial charge in [-0.2, -0.15) is 0 Å². The third-order valence-corrected chi connectivity index (χ3v) is 10.5. The van der Waals surface area contributed by atoms with Crippen LogP contribution in [0.25, 0.3) is 0 Å². The number of esters is 1. The number of benzene rings is 1. The molecule has 1 saturated heterocycles. The van der Waals surface area contributed by atoms with Crippen molar-refractivity contribution >= 4 is 35.4 Å². The van der Waals surface area contributed by atoms with Gasteiger partial charge in [-0.3, -0.25) is 33.8 Å². The molecular weight excluding hydrogens is 781 g/mol. The Morgan fingerprint density at radius 2 is 1.80 bits per heavy atom. The van der Waals surface area contributed by atoms with Crippen LogP contribution in [-0.2, 0) is 44.8 Å². The fourth-order valence-electron chi connectivity index (χ4n) is 6.70. The summed E-state index contributed by atoms with van der Waals surface area (Å²) in [6.45, 7) is 8.02. The summed E-state index contributed by atoms with van der Waals surface area (Å²) in [6, 6.07) is -0.427. The van der Waals surface area contributed by atoms with Crippen molar-refractivity contribution in [3.8, 4) is 5.75 Å². The Hall–Kier alpha value is -5.23. The number of ketones is 1. The number of aliphatic hydroxyl groups is 2. The van der Waals surface area contributed by atoms with E-state index in [1.165, 1.54) is 63.4 Å². The Balaban J connectivity index is 2.09. The van der Waals surface area contributed by atoms with Gasteiger partial charge in [0.25, 0.3) is 11.8 Å². The number of hydrogen-bond donors (Lipinski definition) is 6. The van der Waals surface area contributed by atoms with Gasteiger partial charge in [0, 0.05) is 50.9 Å². The average Bonchev–Trinajstić information content (AvgIpc) is 3.19. The largest absolute Gasteiger partial charge is 0.508 e. The molecule has 2 heterocycles. The molecule has 0 aromatic heterocycles. The number of carbonyl (C=O) groups is 6. The van der Waals surface area contributed by atoms with Crippen molar-refractivity contribution in [1.82, 2.24) is 26.1 Å². The van der Waals surface area contributed by atoms with Crippen LogP contribution in [0, 0.1) is 23.6 Å². The maximum Gasteiger partial charge on any atom is 0.325 e. The smallest absolute Gasteiger partial charge is 0.325 e. The Bertz CT molecular complexity index is 1790. The van der Waals surface area contributed by atoms with E-state index in [1.807, 2.05) is 0 Å². The first-order valence-corrected chi connectivity index (χ1v) is 20.1. The summed E-state index contributed by atoms with van der Waals surface area (Å²) in [5, 5.41) is 40.2. The number of hydroxylamine groups is 2. The molecule has 0 saturated carbocycles. The Labute approximate surface area is 350 Å². The van der Waals surface area contributed by atoms with Crippen LogP contribution < -0.4 is 16.1 Å². The molecule has 6 N–H and O–H groups in total. The standard InChI is InChI=1S/C43H60FN5O11/c1-25(2)38-41(56)45-34(23-29-21-30(44)24-31(51)22-29)42(57)49-20-12-14-33(47-49)43(58)60-36(26(3)13-11-17-37(53)48(6)59-7)16-10-8-9-15-35(52)28(5)39(54)32(40(55)46-38)19-18-27(4)50/h8-11,13,15,17,21-22,24-25,28,32-36,38-39,47,51-52,54H,12,14,16,18-20,23H2,1-7H3,(H,45,56)(H,46,55)/t28-,32+,33?,34-,35-,36-,38-,39+/m0/s1. The summed E-state index contributed by atoms with van der Waals surface area (Å²) in [4.78, 5) is 85.1. The molecular formula is C43H60FN5O11. The van der Waals surface area contributed by atoms with Crippen molar-refractivity contribution in [3.63, 3.8) is 0 Å². The van der Waals surface area contributed by atoms with E-state index in [-0.39, 0.29) is 50.0 Å². The summed E-state index contributed by atoms with van der Waals surface area (Å²) >= 11 is 0. The first-order valence-electron chi connectivity index (χ1n) is 20.1. The zero-order valence-electron chi connectivity index (χ0n) is 35.3. The van der Waals surface area contributed by atoms with Gasteiger partial charge in [-0.15, -0.1) is 0 Å². The SMILES string of the molecule is CON(C)C(=O)C=CC=C(C)[C@@H]1CC=CC=C[C@H](O)[C@H](C)[C@@H](O)[C@@H](CCC(C)=O)C(=O)N[C@@H](C(C)C)C(=O)N[C@@H](Cc2cc(O)cc(F)c2)C(=O)N2CCCC(N2)C(=O)O1. The van der Waals surface area contributed by atoms with Crippen LogP contribution >= 0.6 is 0 Å². The van der Waals surface area contributed by atoms with Gasteiger partial charge in [0.05, 0.1) is 25.2 Å². The first kappa shape index (κ1) is 49.1. The van der Waals surface area contributed by atoms with Crippen LogP contribution in [0.2, 0.25) is 0 Å². The molecule has 3 rings (SSSR count). The van der Waals surface area contributed by atoms with E-state index in [9.17, 15) is 48.5 Å². The molecule has 1 fully saturated rings. The van der Waals surface area contributed by atoms with Crippen molar-refractivity contribution in [2.45, 2.75) is 110 Å². The Morgan fingerprint density at radius 3 is 2.45 bits per heavy atom. The van der Waals surface area contributed by atoms with Crippen molar-refractivity contribution in [2.75, 3.05) is 20.7 Å². The molecule has 4 amide bonds. The van der Waals surface area contributed by atoms with E-state index < -0.39 is 95.4 Å².